The number of hydrogen-bond acceptors (Lipinski definition) is 8. The van der Waals surface area contributed by atoms with E-state index in [1.54, 1.807) is 24.3 Å². The lowest BCUT2D eigenvalue weighted by molar-refractivity contribution is -0.133. The molecule has 73 heavy (non-hydrogen) atoms. The number of phenolic OH excluding ortho intramolecular Hbond substituents is 4. The zero-order valence-corrected chi connectivity index (χ0v) is 45.5. The van der Waals surface area contributed by atoms with E-state index in [-0.39, 0.29) is 74.4 Å². The van der Waals surface area contributed by atoms with Crippen molar-refractivity contribution in [3.05, 3.63) is 164 Å². The summed E-state index contributed by atoms with van der Waals surface area (Å²) in [6, 6.07) is 14.6. The molecule has 0 unspecified atom stereocenters. The second-order valence-corrected chi connectivity index (χ2v) is 22.6. The van der Waals surface area contributed by atoms with Gasteiger partial charge in [0, 0.05) is 48.0 Å². The molecule has 0 bridgehead atoms. The number of benzene rings is 4. The average molecular weight is 1010 g/mol. The van der Waals surface area contributed by atoms with Crippen LogP contribution in [0.1, 0.15) is 157 Å². The van der Waals surface area contributed by atoms with Gasteiger partial charge in [0.2, 0.25) is 0 Å². The van der Waals surface area contributed by atoms with Crippen molar-refractivity contribution >= 4 is 23.9 Å². The van der Waals surface area contributed by atoms with Gasteiger partial charge in [-0.05, 0) is 116 Å². The minimum atomic E-state index is -0.988. The molecule has 0 aliphatic carbocycles. The number of carbonyl (C=O) groups is 4. The molecule has 4 rings (SSSR count). The van der Waals surface area contributed by atoms with Crippen molar-refractivity contribution in [2.24, 2.45) is 0 Å². The maximum atomic E-state index is 10.8. The molecular weight excluding hydrogens is 925 g/mol. The van der Waals surface area contributed by atoms with E-state index >= 15 is 0 Å². The molecule has 0 heterocycles. The smallest absolute Gasteiger partial charge is 0.331 e. The molecule has 4 aromatic rings. The summed E-state index contributed by atoms with van der Waals surface area (Å²) >= 11 is 0. The third kappa shape index (κ3) is 20.2. The summed E-state index contributed by atoms with van der Waals surface area (Å²) in [5.41, 5.74) is 9.68. The van der Waals surface area contributed by atoms with E-state index < -0.39 is 23.9 Å². The lowest BCUT2D eigenvalue weighted by Crippen LogP contribution is -2.13. The van der Waals surface area contributed by atoms with Crippen molar-refractivity contribution in [2.75, 3.05) is 0 Å². The maximum absolute atomic E-state index is 10.8. The quantitative estimate of drug-likeness (QED) is 0.0620. The van der Waals surface area contributed by atoms with E-state index in [0.717, 1.165) is 66.8 Å². The number of rotatable bonds is 12. The predicted octanol–water partition coefficient (Wildman–Crippen LogP) is 13.4. The summed E-state index contributed by atoms with van der Waals surface area (Å²) in [5.74, 6) is -2.81. The number of aliphatic carboxylic acids is 4. The first-order valence-corrected chi connectivity index (χ1v) is 23.5. The second kappa shape index (κ2) is 26.0. The molecule has 0 aromatic heterocycles. The molecule has 0 aliphatic heterocycles. The molecule has 0 saturated carbocycles. The number of hydrogen-bond donors (Lipinski definition) is 8. The molecule has 12 nitrogen and oxygen atoms in total. The topological polar surface area (TPSA) is 230 Å². The normalized spacial score (nSPS) is 11.2. The molecule has 0 spiro atoms. The Morgan fingerprint density at radius 3 is 0.589 bits per heavy atom. The van der Waals surface area contributed by atoms with Gasteiger partial charge in [-0.25, -0.2) is 19.2 Å². The van der Waals surface area contributed by atoms with Crippen LogP contribution in [0.2, 0.25) is 0 Å². The molecule has 12 heteroatoms. The van der Waals surface area contributed by atoms with Crippen molar-refractivity contribution < 1.29 is 60.0 Å². The summed E-state index contributed by atoms with van der Waals surface area (Å²) in [5, 5.41) is 75.6. The molecule has 4 aromatic carbocycles. The highest BCUT2D eigenvalue weighted by Crippen LogP contribution is 2.38. The van der Waals surface area contributed by atoms with E-state index in [0.29, 0.717) is 25.7 Å². The molecule has 0 radical (unpaired) electrons. The monoisotopic (exact) mass is 1010 g/mol. The number of carboxylic acid groups (broad SMARTS) is 4. The first-order valence-electron chi connectivity index (χ1n) is 23.5. The fourth-order valence-electron chi connectivity index (χ4n) is 7.40. The highest BCUT2D eigenvalue weighted by atomic mass is 16.4. The van der Waals surface area contributed by atoms with Crippen LogP contribution in [0, 0.1) is 27.7 Å². The first-order chi connectivity index (χ1) is 32.5. The Labute approximate surface area is 434 Å². The van der Waals surface area contributed by atoms with Crippen LogP contribution in [0.4, 0.5) is 0 Å². The van der Waals surface area contributed by atoms with E-state index in [9.17, 15) is 39.6 Å². The van der Waals surface area contributed by atoms with E-state index in [1.165, 1.54) is 0 Å². The molecule has 0 aliphatic rings. The predicted molar refractivity (Wildman–Crippen MR) is 295 cm³/mol. The molecule has 0 fully saturated rings. The highest BCUT2D eigenvalue weighted by molar-refractivity contribution is 5.87. The van der Waals surface area contributed by atoms with Gasteiger partial charge in [0.1, 0.15) is 23.0 Å². The molecule has 0 saturated heterocycles. The van der Waals surface area contributed by atoms with E-state index in [4.69, 9.17) is 20.4 Å². The van der Waals surface area contributed by atoms with Crippen molar-refractivity contribution in [1.29, 1.82) is 0 Å². The number of phenols is 4. The Morgan fingerprint density at radius 2 is 0.479 bits per heavy atom. The zero-order chi connectivity index (χ0) is 56.3. The number of aromatic hydroxyl groups is 4. The van der Waals surface area contributed by atoms with Crippen molar-refractivity contribution in [3.63, 3.8) is 0 Å². The maximum Gasteiger partial charge on any atom is 0.331 e. The van der Waals surface area contributed by atoms with Crippen LogP contribution in [0.5, 0.6) is 23.0 Å². The van der Waals surface area contributed by atoms with Crippen LogP contribution >= 0.6 is 0 Å². The van der Waals surface area contributed by atoms with Crippen molar-refractivity contribution in [3.8, 4) is 23.0 Å². The number of aryl methyl sites for hydroxylation is 4. The zero-order valence-electron chi connectivity index (χ0n) is 45.5. The van der Waals surface area contributed by atoms with Crippen LogP contribution in [0.15, 0.2) is 97.1 Å². The number of carboxylic acids is 4. The van der Waals surface area contributed by atoms with Crippen LogP contribution in [0.25, 0.3) is 0 Å². The lowest BCUT2D eigenvalue weighted by Gasteiger charge is -2.22. The summed E-state index contributed by atoms with van der Waals surface area (Å²) in [6.07, 6.45) is 1.16. The van der Waals surface area contributed by atoms with Gasteiger partial charge >= 0.3 is 23.9 Å². The molecule has 0 atom stereocenters. The fraction of sp³-hybridized carbons (Fsp3) is 0.410. The minimum Gasteiger partial charge on any atom is -0.507 e. The first kappa shape index (κ1) is 65.9. The molecule has 0 amide bonds. The van der Waals surface area contributed by atoms with Gasteiger partial charge in [0.25, 0.3) is 0 Å². The van der Waals surface area contributed by atoms with Crippen molar-refractivity contribution in [2.45, 2.75) is 166 Å². The fourth-order valence-corrected chi connectivity index (χ4v) is 7.40. The Hall–Kier alpha value is -7.08. The Bertz CT molecular complexity index is 2350. The summed E-state index contributed by atoms with van der Waals surface area (Å²) in [6.45, 7) is 45.5. The van der Waals surface area contributed by atoms with Crippen LogP contribution in [0.3, 0.4) is 0 Å². The lowest BCUT2D eigenvalue weighted by atomic mass is 9.83. The van der Waals surface area contributed by atoms with E-state index in [1.807, 2.05) is 135 Å². The second-order valence-electron chi connectivity index (χ2n) is 22.6. The van der Waals surface area contributed by atoms with Gasteiger partial charge in [-0.2, -0.15) is 0 Å². The Morgan fingerprint density at radius 1 is 0.342 bits per heavy atom. The average Bonchev–Trinajstić information content (AvgIpc) is 3.21. The van der Waals surface area contributed by atoms with Crippen molar-refractivity contribution in [1.82, 2.24) is 0 Å². The highest BCUT2D eigenvalue weighted by Gasteiger charge is 2.24. The summed E-state index contributed by atoms with van der Waals surface area (Å²) < 4.78 is 0. The standard InChI is InChI=1S/4C15H20O3.CH4/c4*1-9-6-11(7-10(2)14(17)18)8-12(13(9)16)15(3,4)5;/h4*6,8,16H,2,7H2,1,3-5H3,(H,17,18);1H4. The molecular formula is C61H84O12. The third-order valence-corrected chi connectivity index (χ3v) is 11.6. The van der Waals surface area contributed by atoms with Gasteiger partial charge in [0.05, 0.1) is 0 Å². The molecule has 400 valence electrons. The van der Waals surface area contributed by atoms with Gasteiger partial charge < -0.3 is 40.9 Å². The Balaban J connectivity index is 0.000000943. The largest absolute Gasteiger partial charge is 0.507 e. The van der Waals surface area contributed by atoms with Gasteiger partial charge in [-0.15, -0.1) is 0 Å². The Kier molecular flexibility index (Phi) is 23.5. The van der Waals surface area contributed by atoms with E-state index in [2.05, 4.69) is 26.3 Å². The van der Waals surface area contributed by atoms with Gasteiger partial charge in [-0.3, -0.25) is 0 Å². The van der Waals surface area contributed by atoms with Crippen LogP contribution < -0.4 is 0 Å². The van der Waals surface area contributed by atoms with Crippen LogP contribution in [-0.4, -0.2) is 64.7 Å². The summed E-state index contributed by atoms with van der Waals surface area (Å²) in [4.78, 5) is 43.2. The van der Waals surface area contributed by atoms with Gasteiger partial charge in [0.15, 0.2) is 0 Å². The SMILES string of the molecule is C.C=C(Cc1cc(C)c(O)c(C(C)(C)C)c1)C(=O)O.C=C(Cc1cc(C)c(O)c(C(C)(C)C)c1)C(=O)O.C=C(Cc1cc(C)c(O)c(C(C)(C)C)c1)C(=O)O.C=C(Cc1cc(C)c(O)c(C(C)(C)C)c1)C(=O)O. The minimum absolute atomic E-state index is 0. The summed E-state index contributed by atoms with van der Waals surface area (Å²) in [7, 11) is 0. The van der Waals surface area contributed by atoms with Gasteiger partial charge in [-0.1, -0.05) is 165 Å². The van der Waals surface area contributed by atoms with Crippen LogP contribution in [-0.2, 0) is 66.5 Å². The molecule has 8 N–H and O–H groups in total. The third-order valence-electron chi connectivity index (χ3n) is 11.6.